The summed E-state index contributed by atoms with van der Waals surface area (Å²) in [6, 6.07) is 6.39. The van der Waals surface area contributed by atoms with Crippen LogP contribution in [0, 0.1) is 22.6 Å². The molecule has 1 aliphatic rings. The smallest absolute Gasteiger partial charge is 0.309 e. The van der Waals surface area contributed by atoms with Crippen molar-refractivity contribution in [1.82, 2.24) is 4.90 Å². The third kappa shape index (κ3) is 3.22. The summed E-state index contributed by atoms with van der Waals surface area (Å²) in [6.45, 7) is 3.67. The summed E-state index contributed by atoms with van der Waals surface area (Å²) in [5.41, 5.74) is 0.235. The van der Waals surface area contributed by atoms with Crippen LogP contribution in [0.1, 0.15) is 37.3 Å². The van der Waals surface area contributed by atoms with Crippen LogP contribution in [0.4, 0.5) is 4.39 Å². The van der Waals surface area contributed by atoms with Crippen molar-refractivity contribution in [2.24, 2.45) is 5.41 Å². The lowest BCUT2D eigenvalue weighted by molar-refractivity contribution is -0.152. The standard InChI is InChI=1S/C16H19FN2O2/c1-2-16(15(20)21)5-7-19(8-6-16)11-13-4-3-12(10-18)9-14(13)17/h3-4,9H,2,5-8,11H2,1H3,(H,20,21). The van der Waals surface area contributed by atoms with E-state index in [9.17, 15) is 14.3 Å². The van der Waals surface area contributed by atoms with Crippen molar-refractivity contribution in [3.05, 3.63) is 35.1 Å². The van der Waals surface area contributed by atoms with E-state index < -0.39 is 11.4 Å². The summed E-state index contributed by atoms with van der Waals surface area (Å²) >= 11 is 0. The highest BCUT2D eigenvalue weighted by molar-refractivity contribution is 5.74. The maximum absolute atomic E-state index is 13.9. The second kappa shape index (κ2) is 6.23. The van der Waals surface area contributed by atoms with E-state index in [1.165, 1.54) is 6.07 Å². The highest BCUT2D eigenvalue weighted by Gasteiger charge is 2.39. The van der Waals surface area contributed by atoms with Gasteiger partial charge in [0.05, 0.1) is 17.0 Å². The first kappa shape index (κ1) is 15.5. The quantitative estimate of drug-likeness (QED) is 0.926. The van der Waals surface area contributed by atoms with Gasteiger partial charge in [-0.1, -0.05) is 13.0 Å². The average molecular weight is 290 g/mol. The zero-order chi connectivity index (χ0) is 15.5. The Bertz CT molecular complexity index is 572. The Balaban J connectivity index is 2.01. The Hall–Kier alpha value is -1.93. The predicted molar refractivity (Wildman–Crippen MR) is 76.0 cm³/mol. The van der Waals surface area contributed by atoms with Crippen molar-refractivity contribution in [2.75, 3.05) is 13.1 Å². The largest absolute Gasteiger partial charge is 0.481 e. The lowest BCUT2D eigenvalue weighted by Crippen LogP contribution is -2.43. The molecule has 0 spiro atoms. The van der Waals surface area contributed by atoms with Crippen LogP contribution in [0.3, 0.4) is 0 Å². The molecule has 1 aliphatic heterocycles. The fraction of sp³-hybridized carbons (Fsp3) is 0.500. The summed E-state index contributed by atoms with van der Waals surface area (Å²) < 4.78 is 13.9. The summed E-state index contributed by atoms with van der Waals surface area (Å²) in [5, 5.41) is 18.1. The third-order valence-corrected chi connectivity index (χ3v) is 4.52. The Morgan fingerprint density at radius 3 is 2.62 bits per heavy atom. The number of nitrogens with zero attached hydrogens (tertiary/aromatic N) is 2. The summed E-state index contributed by atoms with van der Waals surface area (Å²) in [7, 11) is 0. The van der Waals surface area contributed by atoms with E-state index in [1.54, 1.807) is 12.1 Å². The van der Waals surface area contributed by atoms with Gasteiger partial charge in [0, 0.05) is 12.1 Å². The van der Waals surface area contributed by atoms with Gasteiger partial charge in [0.15, 0.2) is 0 Å². The Labute approximate surface area is 123 Å². The van der Waals surface area contributed by atoms with E-state index >= 15 is 0 Å². The molecule has 1 heterocycles. The molecular formula is C16H19FN2O2. The summed E-state index contributed by atoms with van der Waals surface area (Å²) in [6.07, 6.45) is 1.81. The molecule has 1 aromatic rings. The van der Waals surface area contributed by atoms with E-state index in [2.05, 4.69) is 4.90 Å². The number of hydrogen-bond acceptors (Lipinski definition) is 3. The number of piperidine rings is 1. The van der Waals surface area contributed by atoms with E-state index in [-0.39, 0.29) is 5.82 Å². The van der Waals surface area contributed by atoms with Gasteiger partial charge in [-0.15, -0.1) is 0 Å². The lowest BCUT2D eigenvalue weighted by atomic mass is 9.76. The third-order valence-electron chi connectivity index (χ3n) is 4.52. The van der Waals surface area contributed by atoms with E-state index in [0.29, 0.717) is 50.0 Å². The second-order valence-corrected chi connectivity index (χ2v) is 5.63. The molecule has 0 saturated carbocycles. The van der Waals surface area contributed by atoms with Crippen LogP contribution in [0.5, 0.6) is 0 Å². The van der Waals surface area contributed by atoms with Gasteiger partial charge in [-0.25, -0.2) is 4.39 Å². The van der Waals surface area contributed by atoms with Gasteiger partial charge in [-0.05, 0) is 44.5 Å². The topological polar surface area (TPSA) is 64.3 Å². The Morgan fingerprint density at radius 2 is 2.14 bits per heavy atom. The van der Waals surface area contributed by atoms with Crippen molar-refractivity contribution in [2.45, 2.75) is 32.7 Å². The first-order valence-corrected chi connectivity index (χ1v) is 7.15. The van der Waals surface area contributed by atoms with Crippen molar-refractivity contribution in [1.29, 1.82) is 5.26 Å². The molecule has 0 aromatic heterocycles. The molecule has 0 bridgehead atoms. The van der Waals surface area contributed by atoms with Gasteiger partial charge in [0.1, 0.15) is 5.82 Å². The van der Waals surface area contributed by atoms with Crippen LogP contribution >= 0.6 is 0 Å². The Morgan fingerprint density at radius 1 is 1.48 bits per heavy atom. The van der Waals surface area contributed by atoms with Crippen LogP contribution in [-0.2, 0) is 11.3 Å². The zero-order valence-electron chi connectivity index (χ0n) is 12.1. The van der Waals surface area contributed by atoms with Gasteiger partial charge in [-0.2, -0.15) is 5.26 Å². The molecule has 21 heavy (non-hydrogen) atoms. The number of nitriles is 1. The fourth-order valence-corrected chi connectivity index (χ4v) is 2.84. The number of aliphatic carboxylic acids is 1. The average Bonchev–Trinajstić information content (AvgIpc) is 2.50. The molecule has 0 aliphatic carbocycles. The van der Waals surface area contributed by atoms with Crippen molar-refractivity contribution >= 4 is 5.97 Å². The molecular weight excluding hydrogens is 271 g/mol. The minimum absolute atomic E-state index is 0.311. The SMILES string of the molecule is CCC1(C(=O)O)CCN(Cc2ccc(C#N)cc2F)CC1. The molecule has 112 valence electrons. The van der Waals surface area contributed by atoms with Crippen LogP contribution in [0.2, 0.25) is 0 Å². The summed E-state index contributed by atoms with van der Waals surface area (Å²) in [5.74, 6) is -1.10. The lowest BCUT2D eigenvalue weighted by Gasteiger charge is -2.38. The maximum Gasteiger partial charge on any atom is 0.309 e. The predicted octanol–water partition coefficient (Wildman–Crippen LogP) is 2.77. The number of benzene rings is 1. The minimum Gasteiger partial charge on any atom is -0.481 e. The highest BCUT2D eigenvalue weighted by Crippen LogP contribution is 2.35. The number of carbonyl (C=O) groups is 1. The van der Waals surface area contributed by atoms with Crippen LogP contribution in [0.15, 0.2) is 18.2 Å². The molecule has 5 heteroatoms. The molecule has 0 amide bonds. The van der Waals surface area contributed by atoms with Gasteiger partial charge in [0.2, 0.25) is 0 Å². The molecule has 4 nitrogen and oxygen atoms in total. The number of carboxylic acid groups (broad SMARTS) is 1. The van der Waals surface area contributed by atoms with Crippen molar-refractivity contribution < 1.29 is 14.3 Å². The fourth-order valence-electron chi connectivity index (χ4n) is 2.84. The van der Waals surface area contributed by atoms with Gasteiger partial charge >= 0.3 is 5.97 Å². The normalized spacial score (nSPS) is 18.1. The van der Waals surface area contributed by atoms with E-state index in [4.69, 9.17) is 5.26 Å². The molecule has 1 aromatic carbocycles. The molecule has 1 saturated heterocycles. The first-order chi connectivity index (χ1) is 10.0. The molecule has 0 unspecified atom stereocenters. The van der Waals surface area contributed by atoms with Crippen molar-refractivity contribution in [3.8, 4) is 6.07 Å². The summed E-state index contributed by atoms with van der Waals surface area (Å²) in [4.78, 5) is 13.5. The highest BCUT2D eigenvalue weighted by atomic mass is 19.1. The number of carboxylic acids is 1. The van der Waals surface area contributed by atoms with Crippen molar-refractivity contribution in [3.63, 3.8) is 0 Å². The second-order valence-electron chi connectivity index (χ2n) is 5.63. The molecule has 1 N–H and O–H groups in total. The van der Waals surface area contributed by atoms with E-state index in [0.717, 1.165) is 0 Å². The maximum atomic E-state index is 13.9. The number of likely N-dealkylation sites (tertiary alicyclic amines) is 1. The zero-order valence-corrected chi connectivity index (χ0v) is 12.1. The minimum atomic E-state index is -0.728. The molecule has 2 rings (SSSR count). The first-order valence-electron chi connectivity index (χ1n) is 7.15. The van der Waals surface area contributed by atoms with Crippen LogP contribution < -0.4 is 0 Å². The number of hydrogen-bond donors (Lipinski definition) is 1. The number of rotatable bonds is 4. The Kier molecular flexibility index (Phi) is 4.59. The monoisotopic (exact) mass is 290 g/mol. The molecule has 0 atom stereocenters. The van der Waals surface area contributed by atoms with Gasteiger partial charge < -0.3 is 5.11 Å². The molecule has 1 fully saturated rings. The molecule has 0 radical (unpaired) electrons. The number of halogens is 1. The van der Waals surface area contributed by atoms with Gasteiger partial charge in [-0.3, -0.25) is 9.69 Å². The van der Waals surface area contributed by atoms with E-state index in [1.807, 2.05) is 13.0 Å². The van der Waals surface area contributed by atoms with Crippen LogP contribution in [-0.4, -0.2) is 29.1 Å². The van der Waals surface area contributed by atoms with Gasteiger partial charge in [0.25, 0.3) is 0 Å². The van der Waals surface area contributed by atoms with Crippen LogP contribution in [0.25, 0.3) is 0 Å².